The second-order valence-electron chi connectivity index (χ2n) is 8.64. The molecule has 0 aliphatic carbocycles. The molecule has 1 nitrogen and oxygen atoms in total. The predicted molar refractivity (Wildman–Crippen MR) is 111 cm³/mol. The van der Waals surface area contributed by atoms with E-state index in [2.05, 4.69) is 34.6 Å². The summed E-state index contributed by atoms with van der Waals surface area (Å²) in [5.74, 6) is 3.70. The molecule has 0 heterocycles. The van der Waals surface area contributed by atoms with Crippen molar-refractivity contribution in [3.63, 3.8) is 0 Å². The Bertz CT molecular complexity index is 250. The molecule has 0 spiro atoms. The first-order valence-corrected chi connectivity index (χ1v) is 11.2. The third-order valence-corrected chi connectivity index (χ3v) is 6.20. The Balaban J connectivity index is 3.84. The maximum Gasteiger partial charge on any atom is -0.00773 e. The number of hydrogen-bond acceptors (Lipinski definition) is 1. The molecular formula is C23H49N. The summed E-state index contributed by atoms with van der Waals surface area (Å²) in [7, 11) is 0. The molecule has 0 aromatic carbocycles. The van der Waals surface area contributed by atoms with Crippen LogP contribution in [-0.2, 0) is 0 Å². The van der Waals surface area contributed by atoms with Gasteiger partial charge in [-0.1, -0.05) is 112 Å². The maximum absolute atomic E-state index is 5.67. The van der Waals surface area contributed by atoms with E-state index in [1.54, 1.807) is 0 Å². The fourth-order valence-corrected chi connectivity index (χ4v) is 3.95. The van der Waals surface area contributed by atoms with Crippen LogP contribution in [0.15, 0.2) is 0 Å². The van der Waals surface area contributed by atoms with Crippen LogP contribution in [0.25, 0.3) is 0 Å². The lowest BCUT2D eigenvalue weighted by atomic mass is 9.82. The second-order valence-corrected chi connectivity index (χ2v) is 8.64. The number of unbranched alkanes of at least 4 members (excludes halogenated alkanes) is 3. The zero-order chi connectivity index (χ0) is 18.2. The normalized spacial score (nSPS) is 16.8. The minimum atomic E-state index is 0.864. The molecule has 0 rings (SSSR count). The molecule has 0 radical (unpaired) electrons. The molecule has 0 aliphatic heterocycles. The van der Waals surface area contributed by atoms with Gasteiger partial charge in [0.2, 0.25) is 0 Å². The van der Waals surface area contributed by atoms with E-state index < -0.39 is 0 Å². The first-order chi connectivity index (χ1) is 11.5. The quantitative estimate of drug-likeness (QED) is 0.271. The van der Waals surface area contributed by atoms with Crippen molar-refractivity contribution in [2.24, 2.45) is 29.4 Å². The Kier molecular flexibility index (Phi) is 16.4. The molecule has 0 bridgehead atoms. The molecule has 4 atom stereocenters. The topological polar surface area (TPSA) is 26.0 Å². The van der Waals surface area contributed by atoms with Gasteiger partial charge in [-0.2, -0.15) is 0 Å². The Morgan fingerprint density at radius 1 is 0.625 bits per heavy atom. The van der Waals surface area contributed by atoms with Crippen molar-refractivity contribution < 1.29 is 0 Å². The van der Waals surface area contributed by atoms with Crippen LogP contribution in [0.1, 0.15) is 118 Å². The highest BCUT2D eigenvalue weighted by Crippen LogP contribution is 2.28. The first kappa shape index (κ1) is 24.0. The average molecular weight is 340 g/mol. The number of rotatable bonds is 17. The summed E-state index contributed by atoms with van der Waals surface area (Å²) in [6, 6.07) is 0. The van der Waals surface area contributed by atoms with Crippen LogP contribution < -0.4 is 5.73 Å². The van der Waals surface area contributed by atoms with Gasteiger partial charge >= 0.3 is 0 Å². The van der Waals surface area contributed by atoms with E-state index in [0.717, 1.165) is 30.2 Å². The fourth-order valence-electron chi connectivity index (χ4n) is 3.95. The molecule has 1 heteroatoms. The van der Waals surface area contributed by atoms with Gasteiger partial charge in [0.15, 0.2) is 0 Å². The Morgan fingerprint density at radius 2 is 1.21 bits per heavy atom. The lowest BCUT2D eigenvalue weighted by molar-refractivity contribution is 0.279. The highest BCUT2D eigenvalue weighted by atomic mass is 14.5. The van der Waals surface area contributed by atoms with Crippen molar-refractivity contribution in [2.75, 3.05) is 6.54 Å². The van der Waals surface area contributed by atoms with Crippen LogP contribution in [0.5, 0.6) is 0 Å². The standard InChI is InChI=1S/C23H49N/c1-6-13-22(5)23(16-11-12-19-24)15-10-8-9-14-21(4)18-17-20(3)7-2/h20-23H,6-19,24H2,1-5H3. The van der Waals surface area contributed by atoms with E-state index in [-0.39, 0.29) is 0 Å². The van der Waals surface area contributed by atoms with E-state index in [9.17, 15) is 0 Å². The van der Waals surface area contributed by atoms with Gasteiger partial charge in [0.1, 0.15) is 0 Å². The summed E-state index contributed by atoms with van der Waals surface area (Å²) < 4.78 is 0. The van der Waals surface area contributed by atoms with E-state index >= 15 is 0 Å². The van der Waals surface area contributed by atoms with E-state index in [4.69, 9.17) is 5.73 Å². The van der Waals surface area contributed by atoms with Gasteiger partial charge in [0, 0.05) is 0 Å². The van der Waals surface area contributed by atoms with Gasteiger partial charge in [0.05, 0.1) is 0 Å². The van der Waals surface area contributed by atoms with Crippen molar-refractivity contribution in [3.8, 4) is 0 Å². The van der Waals surface area contributed by atoms with Gasteiger partial charge in [0.25, 0.3) is 0 Å². The molecule has 0 amide bonds. The van der Waals surface area contributed by atoms with Gasteiger partial charge in [-0.25, -0.2) is 0 Å². The molecule has 4 unspecified atom stereocenters. The summed E-state index contributed by atoms with van der Waals surface area (Å²) in [4.78, 5) is 0. The second kappa shape index (κ2) is 16.4. The van der Waals surface area contributed by atoms with Gasteiger partial charge in [-0.3, -0.25) is 0 Å². The van der Waals surface area contributed by atoms with Crippen LogP contribution >= 0.6 is 0 Å². The van der Waals surface area contributed by atoms with Crippen LogP contribution in [0.3, 0.4) is 0 Å². The molecule has 24 heavy (non-hydrogen) atoms. The molecule has 0 saturated carbocycles. The van der Waals surface area contributed by atoms with Crippen molar-refractivity contribution in [1.29, 1.82) is 0 Å². The lowest BCUT2D eigenvalue weighted by Gasteiger charge is -2.24. The van der Waals surface area contributed by atoms with Crippen molar-refractivity contribution in [2.45, 2.75) is 118 Å². The zero-order valence-corrected chi connectivity index (χ0v) is 17.8. The lowest BCUT2D eigenvalue weighted by Crippen LogP contribution is -2.13. The smallest absolute Gasteiger partial charge is 0.00773 e. The molecule has 0 saturated heterocycles. The molecule has 0 aromatic heterocycles. The average Bonchev–Trinajstić information content (AvgIpc) is 2.57. The van der Waals surface area contributed by atoms with Gasteiger partial charge < -0.3 is 5.73 Å². The summed E-state index contributed by atoms with van der Waals surface area (Å²) in [5, 5.41) is 0. The Morgan fingerprint density at radius 3 is 1.79 bits per heavy atom. The minimum Gasteiger partial charge on any atom is -0.330 e. The number of hydrogen-bond donors (Lipinski definition) is 1. The molecule has 146 valence electrons. The summed E-state index contributed by atoms with van der Waals surface area (Å²) in [5.41, 5.74) is 5.67. The van der Waals surface area contributed by atoms with Crippen LogP contribution in [0.4, 0.5) is 0 Å². The predicted octanol–water partition coefficient (Wildman–Crippen LogP) is 7.58. The third-order valence-electron chi connectivity index (χ3n) is 6.20. The highest BCUT2D eigenvalue weighted by molar-refractivity contribution is 4.68. The van der Waals surface area contributed by atoms with Crippen LogP contribution in [-0.4, -0.2) is 6.54 Å². The molecule has 2 N–H and O–H groups in total. The monoisotopic (exact) mass is 339 g/mol. The van der Waals surface area contributed by atoms with Gasteiger partial charge in [-0.15, -0.1) is 0 Å². The summed E-state index contributed by atoms with van der Waals surface area (Å²) >= 11 is 0. The van der Waals surface area contributed by atoms with Crippen molar-refractivity contribution in [3.05, 3.63) is 0 Å². The summed E-state index contributed by atoms with van der Waals surface area (Å²) in [6.07, 6.45) is 18.1. The number of nitrogens with two attached hydrogens (primary N) is 1. The largest absolute Gasteiger partial charge is 0.330 e. The van der Waals surface area contributed by atoms with E-state index in [1.165, 1.54) is 83.5 Å². The Labute approximate surface area is 154 Å². The van der Waals surface area contributed by atoms with Crippen molar-refractivity contribution >= 4 is 0 Å². The molecule has 0 aliphatic rings. The van der Waals surface area contributed by atoms with E-state index in [1.807, 2.05) is 0 Å². The minimum absolute atomic E-state index is 0.864. The Hall–Kier alpha value is -0.0400. The fraction of sp³-hybridized carbons (Fsp3) is 1.00. The highest BCUT2D eigenvalue weighted by Gasteiger charge is 2.16. The van der Waals surface area contributed by atoms with Crippen LogP contribution in [0.2, 0.25) is 0 Å². The van der Waals surface area contributed by atoms with Crippen molar-refractivity contribution in [1.82, 2.24) is 0 Å². The summed E-state index contributed by atoms with van der Waals surface area (Å²) in [6.45, 7) is 12.8. The third kappa shape index (κ3) is 13.3. The molecular weight excluding hydrogens is 290 g/mol. The van der Waals surface area contributed by atoms with Crippen LogP contribution in [0, 0.1) is 23.7 Å². The first-order valence-electron chi connectivity index (χ1n) is 11.2. The SMILES string of the molecule is CCCC(C)C(CCCCN)CCCCCC(C)CCC(C)CC. The maximum atomic E-state index is 5.67. The molecule has 0 aromatic rings. The van der Waals surface area contributed by atoms with E-state index in [0.29, 0.717) is 0 Å². The zero-order valence-electron chi connectivity index (χ0n) is 17.8. The van der Waals surface area contributed by atoms with Gasteiger partial charge in [-0.05, 0) is 36.6 Å². The molecule has 0 fully saturated rings.